The van der Waals surface area contributed by atoms with Crippen molar-refractivity contribution in [2.45, 2.75) is 38.6 Å². The zero-order valence-corrected chi connectivity index (χ0v) is 7.94. The normalized spacial score (nSPS) is 15.1. The Bertz CT molecular complexity index is 346. The first-order chi connectivity index (χ1) is 6.77. The molecule has 1 aliphatic rings. The van der Waals surface area contributed by atoms with E-state index in [0.29, 0.717) is 6.42 Å². The van der Waals surface area contributed by atoms with Gasteiger partial charge in [-0.2, -0.15) is 0 Å². The maximum atomic E-state index is 10.4. The Morgan fingerprint density at radius 1 is 1.50 bits per heavy atom. The molecular formula is C9H13N3O2. The molecule has 0 aliphatic carbocycles. The van der Waals surface area contributed by atoms with Crippen molar-refractivity contribution < 1.29 is 9.90 Å². The number of hydrogen-bond acceptors (Lipinski definition) is 3. The summed E-state index contributed by atoms with van der Waals surface area (Å²) in [6.07, 6.45) is 3.94. The van der Waals surface area contributed by atoms with Crippen molar-refractivity contribution in [2.24, 2.45) is 0 Å². The second-order valence-corrected chi connectivity index (χ2v) is 3.56. The lowest BCUT2D eigenvalue weighted by Crippen LogP contribution is -2.12. The zero-order valence-electron chi connectivity index (χ0n) is 7.94. The van der Waals surface area contributed by atoms with Crippen LogP contribution in [0.4, 0.5) is 0 Å². The van der Waals surface area contributed by atoms with E-state index in [9.17, 15) is 4.79 Å². The minimum Gasteiger partial charge on any atom is -0.481 e. The van der Waals surface area contributed by atoms with Crippen molar-refractivity contribution in [2.75, 3.05) is 0 Å². The fourth-order valence-electron chi connectivity index (χ4n) is 1.80. The molecule has 1 aromatic rings. The zero-order chi connectivity index (χ0) is 9.97. The summed E-state index contributed by atoms with van der Waals surface area (Å²) in [6.45, 7) is 0.926. The molecule has 0 fully saturated rings. The lowest BCUT2D eigenvalue weighted by molar-refractivity contribution is -0.136. The first kappa shape index (κ1) is 9.18. The lowest BCUT2D eigenvalue weighted by atomic mass is 10.1. The summed E-state index contributed by atoms with van der Waals surface area (Å²) < 4.78 is 1.90. The summed E-state index contributed by atoms with van der Waals surface area (Å²) in [5.41, 5.74) is 2.00. The molecule has 0 spiro atoms. The fraction of sp³-hybridized carbons (Fsp3) is 0.667. The average molecular weight is 195 g/mol. The van der Waals surface area contributed by atoms with Crippen LogP contribution < -0.4 is 0 Å². The molecular weight excluding hydrogens is 182 g/mol. The predicted octanol–water partition coefficient (Wildman–Crippen LogP) is 0.632. The Morgan fingerprint density at radius 2 is 2.36 bits per heavy atom. The number of hydrogen-bond donors (Lipinski definition) is 1. The van der Waals surface area contributed by atoms with E-state index in [1.54, 1.807) is 0 Å². The van der Waals surface area contributed by atoms with Crippen LogP contribution >= 0.6 is 0 Å². The van der Waals surface area contributed by atoms with Crippen molar-refractivity contribution in [1.29, 1.82) is 0 Å². The van der Waals surface area contributed by atoms with E-state index in [-0.39, 0.29) is 6.42 Å². The van der Waals surface area contributed by atoms with Crippen LogP contribution in [0.25, 0.3) is 0 Å². The minimum absolute atomic E-state index is 0.145. The predicted molar refractivity (Wildman–Crippen MR) is 48.9 cm³/mol. The van der Waals surface area contributed by atoms with E-state index in [4.69, 9.17) is 5.11 Å². The Kier molecular flexibility index (Phi) is 2.47. The number of nitrogens with zero attached hydrogens (tertiary/aromatic N) is 3. The topological polar surface area (TPSA) is 68.0 Å². The van der Waals surface area contributed by atoms with Crippen LogP contribution in [0.1, 0.15) is 30.7 Å². The van der Waals surface area contributed by atoms with Crippen molar-refractivity contribution in [3.8, 4) is 0 Å². The van der Waals surface area contributed by atoms with E-state index in [2.05, 4.69) is 10.3 Å². The highest BCUT2D eigenvalue weighted by Gasteiger charge is 2.16. The Labute approximate surface area is 81.7 Å². The van der Waals surface area contributed by atoms with Crippen molar-refractivity contribution in [1.82, 2.24) is 15.0 Å². The number of aliphatic carboxylic acids is 1. The lowest BCUT2D eigenvalue weighted by Gasteiger charge is -2.12. The summed E-state index contributed by atoms with van der Waals surface area (Å²) >= 11 is 0. The molecule has 0 saturated heterocycles. The number of rotatable bonds is 3. The van der Waals surface area contributed by atoms with Gasteiger partial charge in [0.05, 0.1) is 17.8 Å². The van der Waals surface area contributed by atoms with E-state index < -0.39 is 5.97 Å². The summed E-state index contributed by atoms with van der Waals surface area (Å²) in [4.78, 5) is 10.4. The molecule has 1 N–H and O–H groups in total. The van der Waals surface area contributed by atoms with Gasteiger partial charge in [0.2, 0.25) is 0 Å². The minimum atomic E-state index is -0.775. The summed E-state index contributed by atoms with van der Waals surface area (Å²) in [6, 6.07) is 0. The Morgan fingerprint density at radius 3 is 3.14 bits per heavy atom. The van der Waals surface area contributed by atoms with Crippen molar-refractivity contribution in [3.63, 3.8) is 0 Å². The van der Waals surface area contributed by atoms with Crippen molar-refractivity contribution in [3.05, 3.63) is 11.4 Å². The SMILES string of the molecule is O=C(O)CCc1nnn2c1CCCC2. The third kappa shape index (κ3) is 1.76. The molecule has 0 bridgehead atoms. The number of aromatic nitrogens is 3. The van der Waals surface area contributed by atoms with Gasteiger partial charge in [-0.05, 0) is 19.3 Å². The van der Waals surface area contributed by atoms with Gasteiger partial charge in [0, 0.05) is 13.0 Å². The van der Waals surface area contributed by atoms with Gasteiger partial charge in [-0.3, -0.25) is 4.79 Å². The summed E-state index contributed by atoms with van der Waals surface area (Å²) in [7, 11) is 0. The molecule has 0 atom stereocenters. The molecule has 2 rings (SSSR count). The standard InChI is InChI=1S/C9H13N3O2/c13-9(14)5-4-7-8-3-1-2-6-12(8)11-10-7/h1-6H2,(H,13,14). The third-order valence-corrected chi connectivity index (χ3v) is 2.53. The number of fused-ring (bicyclic) bond motifs is 1. The van der Waals surface area contributed by atoms with E-state index in [1.807, 2.05) is 4.68 Å². The van der Waals surface area contributed by atoms with Crippen LogP contribution in [-0.2, 0) is 24.2 Å². The van der Waals surface area contributed by atoms with Crippen LogP contribution in [-0.4, -0.2) is 26.1 Å². The van der Waals surface area contributed by atoms with E-state index >= 15 is 0 Å². The van der Waals surface area contributed by atoms with Crippen molar-refractivity contribution >= 4 is 5.97 Å². The van der Waals surface area contributed by atoms with Gasteiger partial charge in [-0.1, -0.05) is 5.21 Å². The molecule has 1 aromatic heterocycles. The average Bonchev–Trinajstić information content (AvgIpc) is 2.58. The van der Waals surface area contributed by atoms with Gasteiger partial charge in [0.15, 0.2) is 0 Å². The third-order valence-electron chi connectivity index (χ3n) is 2.53. The highest BCUT2D eigenvalue weighted by atomic mass is 16.4. The maximum Gasteiger partial charge on any atom is 0.303 e. The smallest absolute Gasteiger partial charge is 0.303 e. The molecule has 2 heterocycles. The largest absolute Gasteiger partial charge is 0.481 e. The van der Waals surface area contributed by atoms with Gasteiger partial charge in [0.1, 0.15) is 0 Å². The van der Waals surface area contributed by atoms with Crippen LogP contribution in [0.15, 0.2) is 0 Å². The molecule has 0 aromatic carbocycles. The summed E-state index contributed by atoms with van der Waals surface area (Å²) in [5, 5.41) is 16.6. The van der Waals surface area contributed by atoms with E-state index in [1.165, 1.54) is 0 Å². The van der Waals surface area contributed by atoms with E-state index in [0.717, 1.165) is 37.2 Å². The number of carbonyl (C=O) groups is 1. The monoisotopic (exact) mass is 195 g/mol. The molecule has 0 amide bonds. The molecule has 0 saturated carbocycles. The number of aryl methyl sites for hydroxylation is 2. The molecule has 76 valence electrons. The van der Waals surface area contributed by atoms with Crippen LogP contribution in [0.2, 0.25) is 0 Å². The second-order valence-electron chi connectivity index (χ2n) is 3.56. The molecule has 5 heteroatoms. The molecule has 1 aliphatic heterocycles. The van der Waals surface area contributed by atoms with Crippen LogP contribution in [0.3, 0.4) is 0 Å². The Balaban J connectivity index is 2.10. The first-order valence-electron chi connectivity index (χ1n) is 4.90. The maximum absolute atomic E-state index is 10.4. The van der Waals surface area contributed by atoms with Gasteiger partial charge in [-0.15, -0.1) is 5.10 Å². The number of carboxylic acids is 1. The van der Waals surface area contributed by atoms with Crippen LogP contribution in [0.5, 0.6) is 0 Å². The molecule has 14 heavy (non-hydrogen) atoms. The van der Waals surface area contributed by atoms with Gasteiger partial charge in [-0.25, -0.2) is 4.68 Å². The first-order valence-corrected chi connectivity index (χ1v) is 4.90. The van der Waals surface area contributed by atoms with Crippen LogP contribution in [0, 0.1) is 0 Å². The summed E-state index contributed by atoms with van der Waals surface area (Å²) in [5.74, 6) is -0.775. The van der Waals surface area contributed by atoms with Gasteiger partial charge < -0.3 is 5.11 Å². The Hall–Kier alpha value is -1.39. The molecule has 5 nitrogen and oxygen atoms in total. The number of carboxylic acid groups (broad SMARTS) is 1. The quantitative estimate of drug-likeness (QED) is 0.768. The highest BCUT2D eigenvalue weighted by Crippen LogP contribution is 2.16. The van der Waals surface area contributed by atoms with Gasteiger partial charge in [0.25, 0.3) is 0 Å². The highest BCUT2D eigenvalue weighted by molar-refractivity contribution is 5.67. The van der Waals surface area contributed by atoms with Gasteiger partial charge >= 0.3 is 5.97 Å². The second kappa shape index (κ2) is 3.77. The molecule has 0 radical (unpaired) electrons. The fourth-order valence-corrected chi connectivity index (χ4v) is 1.80. The molecule has 0 unspecified atom stereocenters.